The van der Waals surface area contributed by atoms with Gasteiger partial charge in [-0.05, 0) is 34.0 Å². The third-order valence-electron chi connectivity index (χ3n) is 3.05. The van der Waals surface area contributed by atoms with E-state index in [0.717, 1.165) is 11.1 Å². The number of rotatable bonds is 6. The number of benzene rings is 1. The highest BCUT2D eigenvalue weighted by Gasteiger charge is 2.17. The molecule has 0 saturated carbocycles. The van der Waals surface area contributed by atoms with Crippen molar-refractivity contribution in [3.63, 3.8) is 0 Å². The number of carbonyl (C=O) groups is 2. The Kier molecular flexibility index (Phi) is 4.94. The lowest BCUT2D eigenvalue weighted by Crippen LogP contribution is -2.38. The van der Waals surface area contributed by atoms with Crippen LogP contribution in [-0.2, 0) is 22.6 Å². The zero-order valence-electron chi connectivity index (χ0n) is 11.5. The maximum Gasteiger partial charge on any atom is 0.237 e. The van der Waals surface area contributed by atoms with Crippen molar-refractivity contribution in [1.29, 1.82) is 0 Å². The van der Waals surface area contributed by atoms with Gasteiger partial charge in [-0.1, -0.05) is 18.2 Å². The van der Waals surface area contributed by atoms with E-state index in [2.05, 4.69) is 0 Å². The number of hydrogen-bond acceptors (Lipinski definition) is 4. The summed E-state index contributed by atoms with van der Waals surface area (Å²) in [7, 11) is 0. The number of amides is 2. The minimum Gasteiger partial charge on any atom is -0.398 e. The fraction of sp³-hybridized carbons (Fsp3) is 0.200. The zero-order valence-corrected chi connectivity index (χ0v) is 12.3. The lowest BCUT2D eigenvalue weighted by molar-refractivity contribution is -0.135. The summed E-state index contributed by atoms with van der Waals surface area (Å²) >= 11 is 1.53. The molecule has 4 N–H and O–H groups in total. The van der Waals surface area contributed by atoms with E-state index in [1.165, 1.54) is 16.2 Å². The van der Waals surface area contributed by atoms with Crippen molar-refractivity contribution < 1.29 is 9.59 Å². The number of nitrogens with zero attached hydrogens (tertiary/aromatic N) is 1. The smallest absolute Gasteiger partial charge is 0.237 e. The van der Waals surface area contributed by atoms with Crippen LogP contribution in [0.3, 0.4) is 0 Å². The van der Waals surface area contributed by atoms with Gasteiger partial charge in [0.1, 0.15) is 0 Å². The molecule has 0 aliphatic rings. The molecule has 2 rings (SSSR count). The predicted molar refractivity (Wildman–Crippen MR) is 83.5 cm³/mol. The summed E-state index contributed by atoms with van der Waals surface area (Å²) in [5.41, 5.74) is 13.4. The molecule has 0 saturated heterocycles. The van der Waals surface area contributed by atoms with Crippen LogP contribution in [0.5, 0.6) is 0 Å². The van der Waals surface area contributed by atoms with Gasteiger partial charge in [0.2, 0.25) is 11.8 Å². The van der Waals surface area contributed by atoms with Gasteiger partial charge in [0.25, 0.3) is 0 Å². The first-order chi connectivity index (χ1) is 10.1. The van der Waals surface area contributed by atoms with Crippen LogP contribution in [0.15, 0.2) is 41.1 Å². The van der Waals surface area contributed by atoms with E-state index in [-0.39, 0.29) is 25.4 Å². The Bertz CT molecular complexity index is 626. The Morgan fingerprint density at radius 3 is 2.57 bits per heavy atom. The third kappa shape index (κ3) is 4.32. The number of para-hydroxylation sites is 1. The van der Waals surface area contributed by atoms with Crippen molar-refractivity contribution in [1.82, 2.24) is 4.90 Å². The number of thiophene rings is 1. The molecule has 110 valence electrons. The van der Waals surface area contributed by atoms with Gasteiger partial charge in [-0.2, -0.15) is 11.3 Å². The van der Waals surface area contributed by atoms with Crippen molar-refractivity contribution >= 4 is 28.8 Å². The van der Waals surface area contributed by atoms with E-state index in [4.69, 9.17) is 11.5 Å². The predicted octanol–water partition coefficient (Wildman–Crippen LogP) is 1.39. The van der Waals surface area contributed by atoms with Gasteiger partial charge >= 0.3 is 0 Å². The van der Waals surface area contributed by atoms with Crippen molar-refractivity contribution in [2.24, 2.45) is 5.73 Å². The minimum absolute atomic E-state index is 0.114. The van der Waals surface area contributed by atoms with Crippen LogP contribution in [0.25, 0.3) is 0 Å². The van der Waals surface area contributed by atoms with Crippen LogP contribution in [0, 0.1) is 0 Å². The second-order valence-electron chi connectivity index (χ2n) is 4.72. The molecule has 1 heterocycles. The lowest BCUT2D eigenvalue weighted by Gasteiger charge is -2.22. The summed E-state index contributed by atoms with van der Waals surface area (Å²) in [5, 5.41) is 3.83. The Hall–Kier alpha value is -2.34. The molecule has 0 fully saturated rings. The van der Waals surface area contributed by atoms with E-state index < -0.39 is 5.91 Å². The first-order valence-electron chi connectivity index (χ1n) is 6.47. The van der Waals surface area contributed by atoms with Crippen molar-refractivity contribution in [2.75, 3.05) is 12.3 Å². The average Bonchev–Trinajstić information content (AvgIpc) is 2.92. The van der Waals surface area contributed by atoms with Gasteiger partial charge in [0.05, 0.1) is 13.0 Å². The molecule has 0 atom stereocenters. The minimum atomic E-state index is -0.539. The van der Waals surface area contributed by atoms with Crippen LogP contribution in [0.1, 0.15) is 11.1 Å². The largest absolute Gasteiger partial charge is 0.398 e. The maximum absolute atomic E-state index is 12.3. The number of primary amides is 1. The summed E-state index contributed by atoms with van der Waals surface area (Å²) in [6.45, 7) is 0.163. The first kappa shape index (κ1) is 15.1. The van der Waals surface area contributed by atoms with Crippen molar-refractivity contribution in [3.8, 4) is 0 Å². The van der Waals surface area contributed by atoms with Gasteiger partial charge in [0.15, 0.2) is 0 Å². The van der Waals surface area contributed by atoms with E-state index in [1.54, 1.807) is 6.07 Å². The third-order valence-corrected chi connectivity index (χ3v) is 3.78. The van der Waals surface area contributed by atoms with Crippen LogP contribution in [0.4, 0.5) is 5.69 Å². The van der Waals surface area contributed by atoms with Gasteiger partial charge in [-0.25, -0.2) is 0 Å². The van der Waals surface area contributed by atoms with Crippen LogP contribution in [0.2, 0.25) is 0 Å². The molecule has 21 heavy (non-hydrogen) atoms. The summed E-state index contributed by atoms with van der Waals surface area (Å²) < 4.78 is 0. The van der Waals surface area contributed by atoms with Crippen LogP contribution >= 0.6 is 11.3 Å². The van der Waals surface area contributed by atoms with Gasteiger partial charge < -0.3 is 16.4 Å². The Morgan fingerprint density at radius 2 is 1.95 bits per heavy atom. The van der Waals surface area contributed by atoms with Crippen molar-refractivity contribution in [2.45, 2.75) is 13.0 Å². The molecule has 1 aromatic carbocycles. The molecular formula is C15H17N3O2S. The molecular weight excluding hydrogens is 286 g/mol. The molecule has 1 aromatic heterocycles. The molecule has 0 bridgehead atoms. The Balaban J connectivity index is 2.12. The topological polar surface area (TPSA) is 89.4 Å². The van der Waals surface area contributed by atoms with E-state index >= 15 is 0 Å². The highest BCUT2D eigenvalue weighted by Crippen LogP contribution is 2.15. The normalized spacial score (nSPS) is 10.3. The molecule has 2 amide bonds. The molecule has 2 aromatic rings. The summed E-state index contributed by atoms with van der Waals surface area (Å²) in [5.74, 6) is -0.682. The first-order valence-corrected chi connectivity index (χ1v) is 7.41. The molecule has 0 spiro atoms. The van der Waals surface area contributed by atoms with Crippen LogP contribution in [-0.4, -0.2) is 23.3 Å². The van der Waals surface area contributed by atoms with Crippen molar-refractivity contribution in [3.05, 3.63) is 52.2 Å². The SMILES string of the molecule is NC(=O)CN(Cc1ccccc1N)C(=O)Cc1ccsc1. The number of carbonyl (C=O) groups excluding carboxylic acids is 2. The van der Waals surface area contributed by atoms with Crippen LogP contribution < -0.4 is 11.5 Å². The number of nitrogen functional groups attached to an aromatic ring is 1. The van der Waals surface area contributed by atoms with Gasteiger partial charge in [-0.15, -0.1) is 0 Å². The number of hydrogen-bond donors (Lipinski definition) is 2. The molecule has 0 radical (unpaired) electrons. The standard InChI is InChI=1S/C15H17N3O2S/c16-13-4-2-1-3-12(13)8-18(9-14(17)19)15(20)7-11-5-6-21-10-11/h1-6,10H,7-9,16H2,(H2,17,19). The number of anilines is 1. The highest BCUT2D eigenvalue weighted by molar-refractivity contribution is 7.08. The number of nitrogens with two attached hydrogens (primary N) is 2. The monoisotopic (exact) mass is 303 g/mol. The fourth-order valence-electron chi connectivity index (χ4n) is 1.98. The summed E-state index contributed by atoms with van der Waals surface area (Å²) in [4.78, 5) is 25.0. The molecule has 0 aliphatic carbocycles. The molecule has 5 nitrogen and oxygen atoms in total. The summed E-state index contributed by atoms with van der Waals surface area (Å²) in [6.07, 6.45) is 0.253. The summed E-state index contributed by atoms with van der Waals surface area (Å²) in [6, 6.07) is 9.16. The van der Waals surface area contributed by atoms with E-state index in [9.17, 15) is 9.59 Å². The second kappa shape index (κ2) is 6.90. The zero-order chi connectivity index (χ0) is 15.2. The Labute approximate surface area is 127 Å². The second-order valence-corrected chi connectivity index (χ2v) is 5.50. The molecule has 6 heteroatoms. The molecule has 0 unspecified atom stereocenters. The van der Waals surface area contributed by atoms with E-state index in [1.807, 2.05) is 35.0 Å². The van der Waals surface area contributed by atoms with Gasteiger partial charge in [-0.3, -0.25) is 9.59 Å². The average molecular weight is 303 g/mol. The lowest BCUT2D eigenvalue weighted by atomic mass is 10.1. The van der Waals surface area contributed by atoms with Gasteiger partial charge in [0, 0.05) is 12.2 Å². The highest BCUT2D eigenvalue weighted by atomic mass is 32.1. The van der Waals surface area contributed by atoms with E-state index in [0.29, 0.717) is 5.69 Å². The maximum atomic E-state index is 12.3. The fourth-order valence-corrected chi connectivity index (χ4v) is 2.65. The molecule has 0 aliphatic heterocycles. The Morgan fingerprint density at radius 1 is 1.19 bits per heavy atom. The quantitative estimate of drug-likeness (QED) is 0.790.